The number of hydrogen-bond acceptors (Lipinski definition) is 5. The van der Waals surface area contributed by atoms with Gasteiger partial charge in [0, 0.05) is 0 Å². The quantitative estimate of drug-likeness (QED) is 0.0509. The molecule has 8 heteroatoms. The zero-order valence-electron chi connectivity index (χ0n) is 24.2. The van der Waals surface area contributed by atoms with E-state index in [1.54, 1.807) is 0 Å². The van der Waals surface area contributed by atoms with Gasteiger partial charge in [0.15, 0.2) is 0 Å². The van der Waals surface area contributed by atoms with Gasteiger partial charge in [-0.3, -0.25) is 0 Å². The first kappa shape index (κ1) is 40.2. The standard InChI is InChI=1S/2C14H31N.H2O5S/c2*1-2-3-4-5-6-7-8-9-10-11-12-13-14-15;1-5-6(2,3)4/h2*2-15H2,1H3;1H,(H,2,3,4). The van der Waals surface area contributed by atoms with Crippen molar-refractivity contribution in [3.8, 4) is 0 Å². The highest BCUT2D eigenvalue weighted by molar-refractivity contribution is 7.80. The highest BCUT2D eigenvalue weighted by Gasteiger charge is 1.94. The van der Waals surface area contributed by atoms with Crippen LogP contribution < -0.4 is 16.7 Å². The molecule has 0 saturated carbocycles. The molecule has 0 atom stereocenters. The van der Waals surface area contributed by atoms with Gasteiger partial charge in [-0.05, 0) is 25.7 Å². The molecule has 222 valence electrons. The van der Waals surface area contributed by atoms with Crippen LogP contribution in [0.4, 0.5) is 0 Å². The Morgan fingerprint density at radius 3 is 0.778 bits per heavy atom. The molecule has 0 aliphatic carbocycles. The summed E-state index contributed by atoms with van der Waals surface area (Å²) in [7, 11) is -4.97. The first-order valence-electron chi connectivity index (χ1n) is 15.2. The molecule has 0 fully saturated rings. The summed E-state index contributed by atoms with van der Waals surface area (Å²) in [5.41, 5.74) is 7.74. The van der Waals surface area contributed by atoms with Crippen LogP contribution >= 0.6 is 0 Å². The predicted molar refractivity (Wildman–Crippen MR) is 148 cm³/mol. The van der Waals surface area contributed by atoms with Crippen molar-refractivity contribution in [2.75, 3.05) is 13.1 Å². The fourth-order valence-corrected chi connectivity index (χ4v) is 4.04. The summed E-state index contributed by atoms with van der Waals surface area (Å²) in [6, 6.07) is 0. The maximum absolute atomic E-state index is 8.91. The van der Waals surface area contributed by atoms with E-state index in [2.05, 4.69) is 29.6 Å². The minimum Gasteiger partial charge on any atom is -0.726 e. The topological polar surface area (TPSA) is 145 Å². The molecule has 0 aromatic rings. The molecule has 36 heavy (non-hydrogen) atoms. The molecule has 0 heterocycles. The number of quaternary nitrogens is 2. The minimum absolute atomic E-state index is 1.12. The second-order valence-corrected chi connectivity index (χ2v) is 10.9. The van der Waals surface area contributed by atoms with Crippen LogP contribution in [0.15, 0.2) is 0 Å². The van der Waals surface area contributed by atoms with Crippen LogP contribution in [0, 0.1) is 0 Å². The normalized spacial score (nSPS) is 10.9. The second-order valence-electron chi connectivity index (χ2n) is 9.96. The zero-order valence-corrected chi connectivity index (χ0v) is 25.1. The number of unbranched alkanes of at least 4 members (excludes halogenated alkanes) is 22. The summed E-state index contributed by atoms with van der Waals surface area (Å²) in [5.74, 6) is 0. The van der Waals surface area contributed by atoms with Crippen molar-refractivity contribution < 1.29 is 34.0 Å². The third kappa shape index (κ3) is 50.6. The van der Waals surface area contributed by atoms with Crippen molar-refractivity contribution in [1.82, 2.24) is 0 Å². The highest BCUT2D eigenvalue weighted by atomic mass is 32.3. The maximum Gasteiger partial charge on any atom is 0.208 e. The van der Waals surface area contributed by atoms with E-state index in [1.807, 2.05) is 0 Å². The van der Waals surface area contributed by atoms with Gasteiger partial charge < -0.3 is 25.6 Å². The molecule has 0 radical (unpaired) electrons. The molecule has 0 rings (SSSR count). The van der Waals surface area contributed by atoms with Crippen LogP contribution in [0.2, 0.25) is 0 Å². The Kier molecular flexibility index (Phi) is 41.3. The highest BCUT2D eigenvalue weighted by Crippen LogP contribution is 2.12. The van der Waals surface area contributed by atoms with Crippen LogP contribution in [-0.4, -0.2) is 26.1 Å². The summed E-state index contributed by atoms with van der Waals surface area (Å²) < 4.78 is 28.8. The van der Waals surface area contributed by atoms with Gasteiger partial charge in [-0.1, -0.05) is 142 Å². The van der Waals surface area contributed by atoms with Gasteiger partial charge in [0.05, 0.1) is 13.1 Å². The van der Waals surface area contributed by atoms with Crippen molar-refractivity contribution >= 4 is 10.4 Å². The van der Waals surface area contributed by atoms with Crippen LogP contribution in [0.5, 0.6) is 0 Å². The molecule has 0 saturated heterocycles. The lowest BCUT2D eigenvalue weighted by atomic mass is 10.1. The van der Waals surface area contributed by atoms with Crippen LogP contribution in [-0.2, 0) is 14.7 Å². The smallest absolute Gasteiger partial charge is 0.208 e. The van der Waals surface area contributed by atoms with Crippen molar-refractivity contribution in [3.05, 3.63) is 0 Å². The van der Waals surface area contributed by atoms with Crippen molar-refractivity contribution in [2.45, 2.75) is 168 Å². The average Bonchev–Trinajstić information content (AvgIpc) is 2.86. The van der Waals surface area contributed by atoms with Gasteiger partial charge in [0.1, 0.15) is 0 Å². The van der Waals surface area contributed by atoms with Gasteiger partial charge in [-0.25, -0.2) is 8.42 Å². The Morgan fingerprint density at radius 1 is 0.472 bits per heavy atom. The summed E-state index contributed by atoms with van der Waals surface area (Å²) in [6.07, 6.45) is 34.5. The lowest BCUT2D eigenvalue weighted by Crippen LogP contribution is -2.50. The van der Waals surface area contributed by atoms with Crippen LogP contribution in [0.1, 0.15) is 168 Å². The molecule has 0 unspecified atom stereocenters. The largest absolute Gasteiger partial charge is 0.726 e. The van der Waals surface area contributed by atoms with E-state index in [1.165, 1.54) is 154 Å². The van der Waals surface area contributed by atoms with Gasteiger partial charge >= 0.3 is 0 Å². The second kappa shape index (κ2) is 36.9. The van der Waals surface area contributed by atoms with Crippen molar-refractivity contribution in [1.29, 1.82) is 0 Å². The molecule has 7 nitrogen and oxygen atoms in total. The minimum atomic E-state index is -4.97. The first-order chi connectivity index (χ1) is 17.4. The lowest BCUT2D eigenvalue weighted by Gasteiger charge is -2.07. The molecule has 6 N–H and O–H groups in total. The van der Waals surface area contributed by atoms with E-state index < -0.39 is 10.4 Å². The van der Waals surface area contributed by atoms with E-state index in [9.17, 15) is 0 Å². The van der Waals surface area contributed by atoms with Gasteiger partial charge in [0.25, 0.3) is 0 Å². The monoisotopic (exact) mass is 540 g/mol. The van der Waals surface area contributed by atoms with Crippen LogP contribution in [0.25, 0.3) is 0 Å². The third-order valence-corrected chi connectivity index (χ3v) is 6.46. The third-order valence-electron chi connectivity index (χ3n) is 6.29. The molecule has 0 aliphatic heterocycles. The van der Waals surface area contributed by atoms with Crippen molar-refractivity contribution in [2.24, 2.45) is 0 Å². The SMILES string of the molecule is CCCCCCCCCCCCCC[NH3+].CCCCCCCCCCCCCC[NH3+].O=S(=O)([O-])O[O-]. The Morgan fingerprint density at radius 2 is 0.639 bits per heavy atom. The fourth-order valence-electron chi connectivity index (χ4n) is 4.04. The molecule has 0 bridgehead atoms. The average molecular weight is 541 g/mol. The first-order valence-corrected chi connectivity index (χ1v) is 16.6. The predicted octanol–water partition coefficient (Wildman–Crippen LogP) is 5.60. The summed E-state index contributed by atoms with van der Waals surface area (Å²) in [4.78, 5) is 0. The molecule has 0 aliphatic rings. The molecular formula is C28H64N2O5S. The molecule has 0 spiro atoms. The van der Waals surface area contributed by atoms with Gasteiger partial charge in [-0.2, -0.15) is 0 Å². The zero-order chi connectivity index (χ0) is 27.6. The fraction of sp³-hybridized carbons (Fsp3) is 1.00. The van der Waals surface area contributed by atoms with Crippen LogP contribution in [0.3, 0.4) is 0 Å². The molecule has 0 aromatic carbocycles. The molecule has 0 amide bonds. The summed E-state index contributed by atoms with van der Waals surface area (Å²) >= 11 is 0. The molecule has 0 aromatic heterocycles. The Labute approximate surface area is 225 Å². The van der Waals surface area contributed by atoms with E-state index >= 15 is 0 Å². The Balaban J connectivity index is -0.000000495. The maximum atomic E-state index is 8.91. The summed E-state index contributed by atoms with van der Waals surface area (Å²) in [6.45, 7) is 6.81. The van der Waals surface area contributed by atoms with E-state index in [0.717, 1.165) is 13.1 Å². The lowest BCUT2D eigenvalue weighted by molar-refractivity contribution is -0.637. The number of hydrogen-bond donors (Lipinski definition) is 2. The summed E-state index contributed by atoms with van der Waals surface area (Å²) in [5, 5.41) is 8.55. The Bertz CT molecular complexity index is 415. The van der Waals surface area contributed by atoms with E-state index in [4.69, 9.17) is 18.2 Å². The van der Waals surface area contributed by atoms with E-state index in [-0.39, 0.29) is 0 Å². The van der Waals surface area contributed by atoms with Gasteiger partial charge in [0.2, 0.25) is 10.4 Å². The number of rotatable bonds is 25. The van der Waals surface area contributed by atoms with E-state index in [0.29, 0.717) is 0 Å². The molecular weight excluding hydrogens is 476 g/mol. The van der Waals surface area contributed by atoms with Gasteiger partial charge in [-0.15, -0.1) is 0 Å². The Hall–Kier alpha value is -0.250. The van der Waals surface area contributed by atoms with Crippen molar-refractivity contribution in [3.63, 3.8) is 0 Å².